The monoisotopic (exact) mass is 348 g/mol. The summed E-state index contributed by atoms with van der Waals surface area (Å²) in [5, 5.41) is 0. The lowest BCUT2D eigenvalue weighted by Crippen LogP contribution is -2.71. The average Bonchev–Trinajstić information content (AvgIpc) is 2.70. The largest absolute Gasteiger partial charge is 0.377 e. The Morgan fingerprint density at radius 1 is 0.923 bits per heavy atom. The van der Waals surface area contributed by atoms with Crippen LogP contribution in [0.1, 0.15) is 59.2 Å². The summed E-state index contributed by atoms with van der Waals surface area (Å²) in [6.07, 6.45) is 11.5. The molecule has 26 heavy (non-hydrogen) atoms. The van der Waals surface area contributed by atoms with Crippen molar-refractivity contribution >= 4 is 11.6 Å². The van der Waals surface area contributed by atoms with Gasteiger partial charge in [0.1, 0.15) is 0 Å². The lowest BCUT2D eigenvalue weighted by Gasteiger charge is -2.69. The molecule has 7 rings (SSSR count). The highest BCUT2D eigenvalue weighted by molar-refractivity contribution is 6.17. The van der Waals surface area contributed by atoms with Crippen molar-refractivity contribution in [1.29, 1.82) is 0 Å². The zero-order valence-electron chi connectivity index (χ0n) is 14.9. The Morgan fingerprint density at radius 2 is 1.65 bits per heavy atom. The topological polar surface area (TPSA) is 43.4 Å². The van der Waals surface area contributed by atoms with Crippen LogP contribution in [0.5, 0.6) is 0 Å². The Bertz CT molecular complexity index is 849. The highest BCUT2D eigenvalue weighted by atomic mass is 16.5. The van der Waals surface area contributed by atoms with Gasteiger partial charge in [0.15, 0.2) is 11.6 Å². The molecule has 1 saturated heterocycles. The normalized spacial score (nSPS) is 45.5. The van der Waals surface area contributed by atoms with Gasteiger partial charge >= 0.3 is 0 Å². The van der Waals surface area contributed by atoms with E-state index in [1.807, 2.05) is 24.3 Å². The van der Waals surface area contributed by atoms with Gasteiger partial charge in [-0.15, -0.1) is 0 Å². The summed E-state index contributed by atoms with van der Waals surface area (Å²) in [5.74, 6) is 0.0390. The van der Waals surface area contributed by atoms with Gasteiger partial charge in [-0.3, -0.25) is 9.59 Å². The van der Waals surface area contributed by atoms with Crippen LogP contribution < -0.4 is 0 Å². The van der Waals surface area contributed by atoms with E-state index in [0.717, 1.165) is 38.7 Å². The molecule has 1 aliphatic heterocycles. The summed E-state index contributed by atoms with van der Waals surface area (Å²) in [4.78, 5) is 27.2. The number of carbonyl (C=O) groups excluding carboxylic acids is 2. The molecule has 3 heteroatoms. The maximum Gasteiger partial charge on any atom is 0.168 e. The third kappa shape index (κ3) is 1.52. The second-order valence-corrected chi connectivity index (χ2v) is 9.01. The molecule has 3 fully saturated rings. The Morgan fingerprint density at radius 3 is 2.50 bits per heavy atom. The quantitative estimate of drug-likeness (QED) is 0.659. The number of ether oxygens (including phenoxy) is 1. The standard InChI is InChI=1S/C23H24O3/c24-19-14-6-1-2-7-15(14)20(25)18-17(19)16-8-12-22(18)9-3-4-10-23(22)11-5-13-26-21(16)23/h1-2,6-8,12,16-18,21H,3-5,9-11,13H2/t16-,17+,18-,21+,22+,23+/m0/s1. The van der Waals surface area contributed by atoms with Crippen LogP contribution in [0.3, 0.4) is 0 Å². The van der Waals surface area contributed by atoms with Crippen LogP contribution in [0.25, 0.3) is 0 Å². The first-order valence-corrected chi connectivity index (χ1v) is 10.2. The molecule has 1 heterocycles. The lowest BCUT2D eigenvalue weighted by molar-refractivity contribution is -0.225. The molecule has 134 valence electrons. The van der Waals surface area contributed by atoms with Crippen molar-refractivity contribution < 1.29 is 14.3 Å². The van der Waals surface area contributed by atoms with Gasteiger partial charge in [0.25, 0.3) is 0 Å². The second-order valence-electron chi connectivity index (χ2n) is 9.01. The SMILES string of the molecule is O=C1c2ccccc2C(=O)[C@@H]2[C@H]1[C@@H]1C=C[C@]23CCCC[C@]32CCCO[C@H]12. The van der Waals surface area contributed by atoms with Gasteiger partial charge in [0.05, 0.1) is 6.10 Å². The van der Waals surface area contributed by atoms with E-state index in [1.165, 1.54) is 6.42 Å². The zero-order valence-corrected chi connectivity index (χ0v) is 14.9. The summed E-state index contributed by atoms with van der Waals surface area (Å²) in [7, 11) is 0. The fraction of sp³-hybridized carbons (Fsp3) is 0.565. The van der Waals surface area contributed by atoms with Gasteiger partial charge in [-0.25, -0.2) is 0 Å². The number of Topliss-reactive ketones (excluding diaryl/α,β-unsaturated/α-hetero) is 2. The van der Waals surface area contributed by atoms with Gasteiger partial charge in [-0.05, 0) is 25.7 Å². The first-order chi connectivity index (χ1) is 12.7. The highest BCUT2D eigenvalue weighted by Gasteiger charge is 2.72. The number of ketones is 2. The smallest absolute Gasteiger partial charge is 0.168 e. The molecule has 0 amide bonds. The maximum absolute atomic E-state index is 13.7. The molecule has 6 aliphatic rings. The summed E-state index contributed by atoms with van der Waals surface area (Å²) in [5.41, 5.74) is 1.17. The number of fused-ring (bicyclic) bond motifs is 1. The summed E-state index contributed by atoms with van der Waals surface area (Å²) < 4.78 is 6.38. The molecule has 0 N–H and O–H groups in total. The molecular weight excluding hydrogens is 324 g/mol. The van der Waals surface area contributed by atoms with Crippen molar-refractivity contribution in [3.05, 3.63) is 47.5 Å². The number of rotatable bonds is 0. The number of allylic oxidation sites excluding steroid dienone is 1. The third-order valence-corrected chi connectivity index (χ3v) is 8.34. The predicted octanol–water partition coefficient (Wildman–Crippen LogP) is 4.22. The van der Waals surface area contributed by atoms with Crippen molar-refractivity contribution in [2.24, 2.45) is 28.6 Å². The summed E-state index contributed by atoms with van der Waals surface area (Å²) in [6.45, 7) is 0.795. The lowest BCUT2D eigenvalue weighted by atomic mass is 9.35. The van der Waals surface area contributed by atoms with E-state index in [4.69, 9.17) is 4.74 Å². The van der Waals surface area contributed by atoms with Crippen LogP contribution in [0.2, 0.25) is 0 Å². The second kappa shape index (κ2) is 4.95. The molecule has 1 aromatic carbocycles. The molecule has 1 aromatic rings. The van der Waals surface area contributed by atoms with Crippen molar-refractivity contribution in [3.8, 4) is 0 Å². The van der Waals surface area contributed by atoms with Crippen LogP contribution >= 0.6 is 0 Å². The van der Waals surface area contributed by atoms with E-state index in [0.29, 0.717) is 11.1 Å². The Hall–Kier alpha value is -1.74. The minimum absolute atomic E-state index is 0.0603. The average molecular weight is 348 g/mol. The van der Waals surface area contributed by atoms with E-state index in [2.05, 4.69) is 12.2 Å². The van der Waals surface area contributed by atoms with E-state index in [-0.39, 0.29) is 46.3 Å². The van der Waals surface area contributed by atoms with Crippen LogP contribution in [0, 0.1) is 28.6 Å². The van der Waals surface area contributed by atoms with E-state index >= 15 is 0 Å². The van der Waals surface area contributed by atoms with Gasteiger partial charge in [0, 0.05) is 46.3 Å². The number of carbonyl (C=O) groups is 2. The van der Waals surface area contributed by atoms with E-state index < -0.39 is 0 Å². The third-order valence-electron chi connectivity index (χ3n) is 8.34. The molecule has 2 spiro atoms. The van der Waals surface area contributed by atoms with Crippen LogP contribution in [-0.2, 0) is 4.74 Å². The molecule has 2 saturated carbocycles. The predicted molar refractivity (Wildman–Crippen MR) is 97.0 cm³/mol. The van der Waals surface area contributed by atoms with Gasteiger partial charge in [-0.2, -0.15) is 0 Å². The van der Waals surface area contributed by atoms with E-state index in [9.17, 15) is 9.59 Å². The minimum atomic E-state index is -0.225. The molecule has 0 unspecified atom stereocenters. The number of benzene rings is 1. The Labute approximate surface area is 153 Å². The van der Waals surface area contributed by atoms with Gasteiger partial charge < -0.3 is 4.74 Å². The fourth-order valence-corrected chi connectivity index (χ4v) is 7.52. The molecule has 3 nitrogen and oxygen atoms in total. The van der Waals surface area contributed by atoms with Crippen LogP contribution in [-0.4, -0.2) is 24.3 Å². The maximum atomic E-state index is 13.7. The number of hydrogen-bond donors (Lipinski definition) is 0. The fourth-order valence-electron chi connectivity index (χ4n) is 7.52. The molecule has 0 radical (unpaired) electrons. The van der Waals surface area contributed by atoms with Crippen LogP contribution in [0.15, 0.2) is 36.4 Å². The Balaban J connectivity index is 1.62. The van der Waals surface area contributed by atoms with Crippen molar-refractivity contribution in [1.82, 2.24) is 0 Å². The first-order valence-electron chi connectivity index (χ1n) is 10.2. The molecule has 5 aliphatic carbocycles. The number of hydrogen-bond acceptors (Lipinski definition) is 3. The zero-order chi connectivity index (χ0) is 17.5. The minimum Gasteiger partial charge on any atom is -0.377 e. The summed E-state index contributed by atoms with van der Waals surface area (Å²) >= 11 is 0. The Kier molecular flexibility index (Phi) is 2.92. The van der Waals surface area contributed by atoms with Crippen molar-refractivity contribution in [2.45, 2.75) is 44.6 Å². The van der Waals surface area contributed by atoms with Crippen molar-refractivity contribution in [2.75, 3.05) is 6.61 Å². The van der Waals surface area contributed by atoms with Crippen LogP contribution in [0.4, 0.5) is 0 Å². The van der Waals surface area contributed by atoms with Crippen molar-refractivity contribution in [3.63, 3.8) is 0 Å². The van der Waals surface area contributed by atoms with Gasteiger partial charge in [0.2, 0.25) is 0 Å². The first kappa shape index (κ1) is 15.3. The summed E-state index contributed by atoms with van der Waals surface area (Å²) in [6, 6.07) is 7.47. The molecular formula is C23H24O3. The molecule has 0 aromatic heterocycles. The van der Waals surface area contributed by atoms with Gasteiger partial charge in [-0.1, -0.05) is 49.3 Å². The molecule has 6 atom stereocenters. The highest BCUT2D eigenvalue weighted by Crippen LogP contribution is 2.72. The van der Waals surface area contributed by atoms with E-state index in [1.54, 1.807) is 0 Å². The molecule has 2 bridgehead atoms.